The lowest BCUT2D eigenvalue weighted by Gasteiger charge is -2.33. The van der Waals surface area contributed by atoms with Gasteiger partial charge in [0.05, 0.1) is 11.9 Å². The molecule has 1 N–H and O–H groups in total. The Balaban J connectivity index is 2.07. The fraction of sp³-hybridized carbons (Fsp3) is 0.286. The van der Waals surface area contributed by atoms with E-state index in [1.54, 1.807) is 56.3 Å². The smallest absolute Gasteiger partial charge is 0.244 e. The van der Waals surface area contributed by atoms with Gasteiger partial charge in [-0.1, -0.05) is 71.7 Å². The minimum atomic E-state index is -3.87. The highest BCUT2D eigenvalue weighted by molar-refractivity contribution is 7.92. The molecule has 1 atom stereocenters. The molecule has 0 aliphatic rings. The molecule has 0 bridgehead atoms. The van der Waals surface area contributed by atoms with E-state index in [4.69, 9.17) is 23.2 Å². The van der Waals surface area contributed by atoms with Gasteiger partial charge in [-0.05, 0) is 54.8 Å². The number of amides is 2. The normalized spacial score (nSPS) is 12.0. The second-order valence-corrected chi connectivity index (χ2v) is 11.7. The molecule has 0 fully saturated rings. The van der Waals surface area contributed by atoms with E-state index in [2.05, 4.69) is 5.32 Å². The minimum absolute atomic E-state index is 0.0557. The molecule has 0 unspecified atom stereocenters. The number of likely N-dealkylation sites (N-methyl/N-ethyl adjacent to an activating group) is 1. The number of anilines is 1. The zero-order chi connectivity index (χ0) is 27.9. The van der Waals surface area contributed by atoms with E-state index in [1.807, 2.05) is 30.3 Å². The number of sulfonamides is 1. The molecule has 38 heavy (non-hydrogen) atoms. The average molecular weight is 577 g/mol. The van der Waals surface area contributed by atoms with E-state index in [-0.39, 0.29) is 18.9 Å². The van der Waals surface area contributed by atoms with E-state index in [0.29, 0.717) is 33.4 Å². The van der Waals surface area contributed by atoms with E-state index in [0.717, 1.165) is 16.1 Å². The highest BCUT2D eigenvalue weighted by atomic mass is 35.5. The number of rotatable bonds is 11. The van der Waals surface area contributed by atoms with Crippen LogP contribution in [0.15, 0.2) is 72.8 Å². The van der Waals surface area contributed by atoms with Gasteiger partial charge in [0.2, 0.25) is 21.8 Å². The molecule has 0 aliphatic heterocycles. The van der Waals surface area contributed by atoms with Crippen molar-refractivity contribution in [2.45, 2.75) is 32.9 Å². The first kappa shape index (κ1) is 29.5. The summed E-state index contributed by atoms with van der Waals surface area (Å²) in [6, 6.07) is 20.3. The maximum Gasteiger partial charge on any atom is 0.244 e. The standard InChI is InChI=1S/C28H31Cl2N3O4S/c1-4-31-28(35)26(17-21-10-6-5-7-11-21)32(18-22-12-8-13-23(29)16-22)27(34)19-33(38(3,36)37)25-15-9-14-24(30)20(25)2/h5-16,26H,4,17-19H2,1-3H3,(H,31,35)/t26-/m1/s1. The first-order valence-electron chi connectivity index (χ1n) is 12.1. The molecule has 0 saturated carbocycles. The molecule has 0 aromatic heterocycles. The number of nitrogens with zero attached hydrogens (tertiary/aromatic N) is 2. The summed E-state index contributed by atoms with van der Waals surface area (Å²) in [5.41, 5.74) is 2.39. The molecule has 3 aromatic rings. The second-order valence-electron chi connectivity index (χ2n) is 8.91. The average Bonchev–Trinajstić information content (AvgIpc) is 2.86. The van der Waals surface area contributed by atoms with E-state index in [9.17, 15) is 18.0 Å². The van der Waals surface area contributed by atoms with Crippen molar-refractivity contribution < 1.29 is 18.0 Å². The van der Waals surface area contributed by atoms with Crippen molar-refractivity contribution in [3.63, 3.8) is 0 Å². The van der Waals surface area contributed by atoms with Crippen LogP contribution in [0.3, 0.4) is 0 Å². The van der Waals surface area contributed by atoms with Crippen LogP contribution in [0.1, 0.15) is 23.6 Å². The second kappa shape index (κ2) is 13.1. The summed E-state index contributed by atoms with van der Waals surface area (Å²) >= 11 is 12.5. The summed E-state index contributed by atoms with van der Waals surface area (Å²) in [7, 11) is -3.87. The molecule has 10 heteroatoms. The summed E-state index contributed by atoms with van der Waals surface area (Å²) < 4.78 is 26.8. The van der Waals surface area contributed by atoms with Crippen molar-refractivity contribution in [2.75, 3.05) is 23.7 Å². The van der Waals surface area contributed by atoms with Gasteiger partial charge < -0.3 is 10.2 Å². The lowest BCUT2D eigenvalue weighted by Crippen LogP contribution is -2.53. The van der Waals surface area contributed by atoms with Crippen molar-refractivity contribution >= 4 is 50.7 Å². The lowest BCUT2D eigenvalue weighted by atomic mass is 10.0. The Morgan fingerprint density at radius 2 is 1.61 bits per heavy atom. The number of carbonyl (C=O) groups excluding carboxylic acids is 2. The maximum absolute atomic E-state index is 14.0. The Bertz CT molecular complexity index is 1380. The molecule has 3 rings (SSSR count). The zero-order valence-electron chi connectivity index (χ0n) is 21.5. The zero-order valence-corrected chi connectivity index (χ0v) is 23.9. The SMILES string of the molecule is CCNC(=O)[C@@H](Cc1ccccc1)N(Cc1cccc(Cl)c1)C(=O)CN(c1cccc(Cl)c1C)S(C)(=O)=O. The quantitative estimate of drug-likeness (QED) is 0.354. The first-order chi connectivity index (χ1) is 18.0. The van der Waals surface area contributed by atoms with E-state index in [1.165, 1.54) is 4.90 Å². The largest absolute Gasteiger partial charge is 0.355 e. The van der Waals surface area contributed by atoms with Gasteiger partial charge in [0, 0.05) is 29.6 Å². The van der Waals surface area contributed by atoms with Crippen LogP contribution in [0.2, 0.25) is 10.0 Å². The van der Waals surface area contributed by atoms with Crippen LogP contribution in [0.4, 0.5) is 5.69 Å². The van der Waals surface area contributed by atoms with Gasteiger partial charge in [0.25, 0.3) is 0 Å². The van der Waals surface area contributed by atoms with Crippen LogP contribution in [-0.2, 0) is 32.6 Å². The number of halogens is 2. The topological polar surface area (TPSA) is 86.8 Å². The van der Waals surface area contributed by atoms with Crippen molar-refractivity contribution in [2.24, 2.45) is 0 Å². The number of hydrogen-bond donors (Lipinski definition) is 1. The molecular formula is C28H31Cl2N3O4S. The predicted molar refractivity (Wildman–Crippen MR) is 153 cm³/mol. The molecule has 202 valence electrons. The maximum atomic E-state index is 14.0. The Morgan fingerprint density at radius 1 is 0.947 bits per heavy atom. The van der Waals surface area contributed by atoms with Crippen molar-refractivity contribution in [1.29, 1.82) is 0 Å². The van der Waals surface area contributed by atoms with Crippen molar-refractivity contribution in [3.05, 3.63) is 99.5 Å². The number of hydrogen-bond acceptors (Lipinski definition) is 4. The molecule has 2 amide bonds. The third-order valence-electron chi connectivity index (χ3n) is 6.05. The monoisotopic (exact) mass is 575 g/mol. The van der Waals surface area contributed by atoms with E-state index >= 15 is 0 Å². The van der Waals surface area contributed by atoms with Gasteiger partial charge in [-0.3, -0.25) is 13.9 Å². The van der Waals surface area contributed by atoms with Gasteiger partial charge >= 0.3 is 0 Å². The Kier molecular flexibility index (Phi) is 10.2. The van der Waals surface area contributed by atoms with Crippen LogP contribution in [-0.4, -0.2) is 50.5 Å². The minimum Gasteiger partial charge on any atom is -0.355 e. The highest BCUT2D eigenvalue weighted by Crippen LogP contribution is 2.28. The Morgan fingerprint density at radius 3 is 2.24 bits per heavy atom. The van der Waals surface area contributed by atoms with Crippen LogP contribution in [0.25, 0.3) is 0 Å². The van der Waals surface area contributed by atoms with Crippen LogP contribution in [0.5, 0.6) is 0 Å². The summed E-state index contributed by atoms with van der Waals surface area (Å²) in [4.78, 5) is 28.7. The summed E-state index contributed by atoms with van der Waals surface area (Å²) in [5, 5.41) is 3.69. The molecule has 0 saturated heterocycles. The lowest BCUT2D eigenvalue weighted by molar-refractivity contribution is -0.140. The number of carbonyl (C=O) groups is 2. The fourth-order valence-electron chi connectivity index (χ4n) is 4.14. The third kappa shape index (κ3) is 7.72. The van der Waals surface area contributed by atoms with Crippen molar-refractivity contribution in [1.82, 2.24) is 10.2 Å². The summed E-state index contributed by atoms with van der Waals surface area (Å²) in [6.07, 6.45) is 1.28. The van der Waals surface area contributed by atoms with Gasteiger partial charge in [-0.25, -0.2) is 8.42 Å². The number of benzene rings is 3. The van der Waals surface area contributed by atoms with Gasteiger partial charge in [-0.15, -0.1) is 0 Å². The first-order valence-corrected chi connectivity index (χ1v) is 14.7. The molecule has 0 spiro atoms. The summed E-state index contributed by atoms with van der Waals surface area (Å²) in [5.74, 6) is -0.876. The van der Waals surface area contributed by atoms with Gasteiger partial charge in [0.1, 0.15) is 12.6 Å². The van der Waals surface area contributed by atoms with Crippen LogP contribution >= 0.6 is 23.2 Å². The Labute approximate surface area is 234 Å². The fourth-order valence-corrected chi connectivity index (χ4v) is 5.42. The number of nitrogens with one attached hydrogen (secondary N) is 1. The molecule has 0 aliphatic carbocycles. The van der Waals surface area contributed by atoms with Crippen LogP contribution < -0.4 is 9.62 Å². The molecule has 0 radical (unpaired) electrons. The predicted octanol–water partition coefficient (Wildman–Crippen LogP) is 4.84. The van der Waals surface area contributed by atoms with Crippen LogP contribution in [0, 0.1) is 6.92 Å². The third-order valence-corrected chi connectivity index (χ3v) is 7.82. The van der Waals surface area contributed by atoms with Gasteiger partial charge in [0.15, 0.2) is 0 Å². The summed E-state index contributed by atoms with van der Waals surface area (Å²) in [6.45, 7) is 3.41. The van der Waals surface area contributed by atoms with E-state index < -0.39 is 28.5 Å². The van der Waals surface area contributed by atoms with Gasteiger partial charge in [-0.2, -0.15) is 0 Å². The molecule has 3 aromatic carbocycles. The molecule has 0 heterocycles. The molecule has 7 nitrogen and oxygen atoms in total. The molecular weight excluding hydrogens is 545 g/mol. The highest BCUT2D eigenvalue weighted by Gasteiger charge is 2.33. The van der Waals surface area contributed by atoms with Crippen molar-refractivity contribution in [3.8, 4) is 0 Å². The Hall–Kier alpha value is -3.07.